The van der Waals surface area contributed by atoms with Crippen LogP contribution in [0.5, 0.6) is 0 Å². The highest BCUT2D eigenvalue weighted by Gasteiger charge is 2.24. The van der Waals surface area contributed by atoms with E-state index in [1.807, 2.05) is 22.4 Å². The van der Waals surface area contributed by atoms with Crippen LogP contribution in [-0.4, -0.2) is 31.3 Å². The Bertz CT molecular complexity index is 767. The maximum Gasteiger partial charge on any atom is 0.149 e. The van der Waals surface area contributed by atoms with Crippen LogP contribution in [0, 0.1) is 22.7 Å². The third-order valence-electron chi connectivity index (χ3n) is 3.51. The van der Waals surface area contributed by atoms with Crippen molar-refractivity contribution in [3.8, 4) is 22.6 Å². The van der Waals surface area contributed by atoms with Crippen LogP contribution in [0.2, 0.25) is 0 Å². The van der Waals surface area contributed by atoms with Crippen LogP contribution >= 0.6 is 11.3 Å². The van der Waals surface area contributed by atoms with Gasteiger partial charge >= 0.3 is 0 Å². The van der Waals surface area contributed by atoms with Crippen molar-refractivity contribution < 1.29 is 4.74 Å². The maximum absolute atomic E-state index is 9.65. The third kappa shape index (κ3) is 2.37. The first-order valence-electron chi connectivity index (χ1n) is 6.76. The van der Waals surface area contributed by atoms with Crippen molar-refractivity contribution in [2.75, 3.05) is 36.9 Å². The summed E-state index contributed by atoms with van der Waals surface area (Å²) < 4.78 is 5.34. The quantitative estimate of drug-likeness (QED) is 0.910. The molecule has 0 radical (unpaired) electrons. The largest absolute Gasteiger partial charge is 0.383 e. The van der Waals surface area contributed by atoms with Gasteiger partial charge in [-0.05, 0) is 11.4 Å². The summed E-state index contributed by atoms with van der Waals surface area (Å²) in [6.07, 6.45) is 0. The normalized spacial score (nSPS) is 14.4. The van der Waals surface area contributed by atoms with Gasteiger partial charge in [0.15, 0.2) is 0 Å². The van der Waals surface area contributed by atoms with E-state index in [1.54, 1.807) is 0 Å². The monoisotopic (exact) mass is 311 g/mol. The zero-order valence-corrected chi connectivity index (χ0v) is 12.6. The molecule has 1 fully saturated rings. The second-order valence-electron chi connectivity index (χ2n) is 4.75. The Morgan fingerprint density at radius 2 is 1.95 bits per heavy atom. The molecule has 0 amide bonds. The summed E-state index contributed by atoms with van der Waals surface area (Å²) in [6, 6.07) is 8.05. The molecule has 3 heterocycles. The minimum absolute atomic E-state index is 0.159. The number of aromatic nitrogens is 1. The molecular formula is C15H13N5OS. The third-order valence-corrected chi connectivity index (χ3v) is 4.40. The number of ether oxygens (including phenoxy) is 1. The number of pyridine rings is 1. The molecule has 2 N–H and O–H groups in total. The Morgan fingerprint density at radius 3 is 2.55 bits per heavy atom. The van der Waals surface area contributed by atoms with E-state index in [0.29, 0.717) is 43.2 Å². The molecule has 1 aliphatic rings. The summed E-state index contributed by atoms with van der Waals surface area (Å²) in [4.78, 5) is 7.14. The van der Waals surface area contributed by atoms with E-state index in [-0.39, 0.29) is 11.4 Å². The fourth-order valence-corrected chi connectivity index (χ4v) is 3.26. The summed E-state index contributed by atoms with van der Waals surface area (Å²) in [5, 5.41) is 21.0. The van der Waals surface area contributed by atoms with E-state index in [9.17, 15) is 10.5 Å². The lowest BCUT2D eigenvalue weighted by Gasteiger charge is -2.29. The summed E-state index contributed by atoms with van der Waals surface area (Å²) in [7, 11) is 0. The molecule has 0 unspecified atom stereocenters. The highest BCUT2D eigenvalue weighted by molar-refractivity contribution is 7.13. The van der Waals surface area contributed by atoms with Crippen molar-refractivity contribution in [2.45, 2.75) is 0 Å². The average Bonchev–Trinajstić information content (AvgIpc) is 3.08. The van der Waals surface area contributed by atoms with Gasteiger partial charge in [-0.2, -0.15) is 10.5 Å². The number of nitrogens with two attached hydrogens (primary N) is 1. The van der Waals surface area contributed by atoms with Gasteiger partial charge in [-0.1, -0.05) is 6.07 Å². The summed E-state index contributed by atoms with van der Waals surface area (Å²) in [6.45, 7) is 2.47. The van der Waals surface area contributed by atoms with Gasteiger partial charge in [-0.3, -0.25) is 0 Å². The van der Waals surface area contributed by atoms with Crippen molar-refractivity contribution in [2.24, 2.45) is 0 Å². The molecule has 0 aromatic carbocycles. The lowest BCUT2D eigenvalue weighted by Crippen LogP contribution is -2.37. The lowest BCUT2D eigenvalue weighted by atomic mass is 10.0. The fourth-order valence-electron chi connectivity index (χ4n) is 2.48. The lowest BCUT2D eigenvalue weighted by molar-refractivity contribution is 0.122. The topological polar surface area (TPSA) is 99.0 Å². The van der Waals surface area contributed by atoms with Crippen LogP contribution in [0.4, 0.5) is 11.6 Å². The molecule has 1 saturated heterocycles. The summed E-state index contributed by atoms with van der Waals surface area (Å²) in [5.41, 5.74) is 7.21. The Labute approximate surface area is 132 Å². The van der Waals surface area contributed by atoms with Crippen molar-refractivity contribution in [3.63, 3.8) is 0 Å². The summed E-state index contributed by atoms with van der Waals surface area (Å²) in [5.74, 6) is 0.692. The van der Waals surface area contributed by atoms with Crippen molar-refractivity contribution in [1.82, 2.24) is 4.98 Å². The molecule has 1 aliphatic heterocycles. The van der Waals surface area contributed by atoms with Crippen LogP contribution in [0.1, 0.15) is 11.1 Å². The summed E-state index contributed by atoms with van der Waals surface area (Å²) >= 11 is 1.47. The maximum atomic E-state index is 9.65. The molecule has 22 heavy (non-hydrogen) atoms. The van der Waals surface area contributed by atoms with Gasteiger partial charge < -0.3 is 15.4 Å². The molecule has 2 aromatic rings. The first-order chi connectivity index (χ1) is 10.8. The Hall–Kier alpha value is -2.61. The van der Waals surface area contributed by atoms with Crippen LogP contribution in [0.15, 0.2) is 17.5 Å². The van der Waals surface area contributed by atoms with Crippen LogP contribution in [-0.2, 0) is 4.74 Å². The van der Waals surface area contributed by atoms with Crippen molar-refractivity contribution >= 4 is 23.0 Å². The Morgan fingerprint density at radius 1 is 1.23 bits per heavy atom. The molecule has 0 aliphatic carbocycles. The first-order valence-corrected chi connectivity index (χ1v) is 7.64. The molecule has 0 atom stereocenters. The number of anilines is 2. The number of thiophene rings is 1. The standard InChI is InChI=1S/C15H13N5OS/c16-8-10-13(12-2-1-7-22-12)11(9-17)15(19-14(10)18)20-3-5-21-6-4-20/h1-2,7H,3-6H2,(H2,18,19). The second-order valence-corrected chi connectivity index (χ2v) is 5.69. The van der Waals surface area contributed by atoms with Crippen LogP contribution in [0.3, 0.4) is 0 Å². The van der Waals surface area contributed by atoms with Gasteiger partial charge in [0.05, 0.1) is 13.2 Å². The predicted molar refractivity (Wildman–Crippen MR) is 84.4 cm³/mol. The number of rotatable bonds is 2. The second kappa shape index (κ2) is 6.02. The molecule has 0 spiro atoms. The number of hydrogen-bond acceptors (Lipinski definition) is 7. The van der Waals surface area contributed by atoms with Gasteiger partial charge in [0.25, 0.3) is 0 Å². The molecule has 2 aromatic heterocycles. The van der Waals surface area contributed by atoms with Gasteiger partial charge in [0.1, 0.15) is 34.9 Å². The smallest absolute Gasteiger partial charge is 0.149 e. The van der Waals surface area contributed by atoms with E-state index in [1.165, 1.54) is 11.3 Å². The van der Waals surface area contributed by atoms with Crippen molar-refractivity contribution in [3.05, 3.63) is 28.6 Å². The molecule has 3 rings (SSSR count). The molecule has 6 nitrogen and oxygen atoms in total. The van der Waals surface area contributed by atoms with Gasteiger partial charge in [-0.15, -0.1) is 11.3 Å². The zero-order valence-electron chi connectivity index (χ0n) is 11.7. The molecule has 7 heteroatoms. The molecule has 0 saturated carbocycles. The van der Waals surface area contributed by atoms with Gasteiger partial charge in [0.2, 0.25) is 0 Å². The minimum Gasteiger partial charge on any atom is -0.383 e. The van der Waals surface area contributed by atoms with E-state index in [2.05, 4.69) is 17.1 Å². The van der Waals surface area contributed by atoms with Crippen LogP contribution in [0.25, 0.3) is 10.4 Å². The number of nitrogens with zero attached hydrogens (tertiary/aromatic N) is 4. The van der Waals surface area contributed by atoms with E-state index >= 15 is 0 Å². The van der Waals surface area contributed by atoms with Crippen molar-refractivity contribution in [1.29, 1.82) is 10.5 Å². The average molecular weight is 311 g/mol. The number of nitrogen functional groups attached to an aromatic ring is 1. The van der Waals surface area contributed by atoms with E-state index < -0.39 is 0 Å². The number of nitriles is 2. The SMILES string of the molecule is N#Cc1c(N)nc(N2CCOCC2)c(C#N)c1-c1cccs1. The molecular weight excluding hydrogens is 298 g/mol. The minimum atomic E-state index is 0.159. The number of hydrogen-bond donors (Lipinski definition) is 1. The fraction of sp³-hybridized carbons (Fsp3) is 0.267. The Balaban J connectivity index is 2.25. The van der Waals surface area contributed by atoms with E-state index in [4.69, 9.17) is 10.5 Å². The first kappa shape index (κ1) is 14.3. The predicted octanol–water partition coefficient (Wildman–Crippen LogP) is 1.97. The molecule has 0 bridgehead atoms. The van der Waals surface area contributed by atoms with E-state index in [0.717, 1.165) is 4.88 Å². The highest BCUT2D eigenvalue weighted by atomic mass is 32.1. The number of morpholine rings is 1. The Kier molecular flexibility index (Phi) is 3.92. The van der Waals surface area contributed by atoms with Crippen LogP contribution < -0.4 is 10.6 Å². The van der Waals surface area contributed by atoms with Gasteiger partial charge in [0, 0.05) is 23.5 Å². The zero-order chi connectivity index (χ0) is 15.5. The highest BCUT2D eigenvalue weighted by Crippen LogP contribution is 2.37. The molecule has 110 valence electrons. The van der Waals surface area contributed by atoms with Gasteiger partial charge in [-0.25, -0.2) is 4.98 Å².